The Kier molecular flexibility index (Phi) is 5.14. The summed E-state index contributed by atoms with van der Waals surface area (Å²) in [4.78, 5) is 15.0. The summed E-state index contributed by atoms with van der Waals surface area (Å²) in [5.41, 5.74) is 2.81. The summed E-state index contributed by atoms with van der Waals surface area (Å²) in [6, 6.07) is 27.3. The molecule has 0 aromatic heterocycles. The van der Waals surface area contributed by atoms with Crippen LogP contribution in [0.3, 0.4) is 0 Å². The molecule has 0 heterocycles. The number of carbonyl (C=O) groups is 1. The number of anilines is 1. The fourth-order valence-corrected chi connectivity index (χ4v) is 2.90. The predicted octanol–water partition coefficient (Wildman–Crippen LogP) is 4.49. The van der Waals surface area contributed by atoms with E-state index in [1.807, 2.05) is 92.0 Å². The normalized spacial score (nSPS) is 10.5. The second-order valence-electron chi connectivity index (χ2n) is 5.85. The molecule has 0 N–H and O–H groups in total. The van der Waals surface area contributed by atoms with Crippen molar-refractivity contribution < 1.29 is 9.53 Å². The summed E-state index contributed by atoms with van der Waals surface area (Å²) >= 11 is 0. The average molecular weight is 331 g/mol. The number of rotatable bonds is 5. The second-order valence-corrected chi connectivity index (χ2v) is 5.85. The van der Waals surface area contributed by atoms with Gasteiger partial charge in [0.15, 0.2) is 0 Å². The Hall–Kier alpha value is -3.07. The molecule has 0 aliphatic rings. The number of amides is 1. The highest BCUT2D eigenvalue weighted by Crippen LogP contribution is 2.29. The van der Waals surface area contributed by atoms with E-state index < -0.39 is 0 Å². The van der Waals surface area contributed by atoms with Gasteiger partial charge in [0.2, 0.25) is 5.91 Å². The van der Waals surface area contributed by atoms with Gasteiger partial charge in [-0.25, -0.2) is 0 Å². The van der Waals surface area contributed by atoms with Crippen molar-refractivity contribution in [1.29, 1.82) is 0 Å². The van der Waals surface area contributed by atoms with Crippen molar-refractivity contribution in [2.45, 2.75) is 5.92 Å². The summed E-state index contributed by atoms with van der Waals surface area (Å²) in [5.74, 6) is 0.462. The molecule has 0 fully saturated rings. The summed E-state index contributed by atoms with van der Waals surface area (Å²) in [5, 5.41) is 0. The van der Waals surface area contributed by atoms with E-state index in [4.69, 9.17) is 4.74 Å². The maximum absolute atomic E-state index is 13.3. The maximum Gasteiger partial charge on any atom is 0.238 e. The zero-order chi connectivity index (χ0) is 17.6. The summed E-state index contributed by atoms with van der Waals surface area (Å²) in [7, 11) is 3.44. The number of benzene rings is 3. The predicted molar refractivity (Wildman–Crippen MR) is 101 cm³/mol. The van der Waals surface area contributed by atoms with Crippen molar-refractivity contribution in [3.8, 4) is 5.75 Å². The molecule has 0 atom stereocenters. The van der Waals surface area contributed by atoms with Crippen molar-refractivity contribution in [2.24, 2.45) is 0 Å². The van der Waals surface area contributed by atoms with Crippen LogP contribution in [0.1, 0.15) is 17.0 Å². The Labute approximate surface area is 148 Å². The molecule has 3 aromatic rings. The van der Waals surface area contributed by atoms with Gasteiger partial charge < -0.3 is 9.64 Å². The zero-order valence-electron chi connectivity index (χ0n) is 14.4. The highest BCUT2D eigenvalue weighted by atomic mass is 16.5. The van der Waals surface area contributed by atoms with Gasteiger partial charge in [0.05, 0.1) is 13.0 Å². The molecule has 0 aliphatic carbocycles. The lowest BCUT2D eigenvalue weighted by Gasteiger charge is -2.25. The molecule has 0 bridgehead atoms. The first-order chi connectivity index (χ1) is 12.2. The Morgan fingerprint density at radius 3 is 1.72 bits per heavy atom. The fourth-order valence-electron chi connectivity index (χ4n) is 2.90. The number of hydrogen-bond acceptors (Lipinski definition) is 2. The third-order valence-electron chi connectivity index (χ3n) is 4.30. The van der Waals surface area contributed by atoms with E-state index in [0.29, 0.717) is 0 Å². The van der Waals surface area contributed by atoms with Crippen LogP contribution >= 0.6 is 0 Å². The lowest BCUT2D eigenvalue weighted by molar-refractivity contribution is -0.118. The van der Waals surface area contributed by atoms with Gasteiger partial charge >= 0.3 is 0 Å². The third kappa shape index (κ3) is 3.72. The Morgan fingerprint density at radius 1 is 0.800 bits per heavy atom. The number of ether oxygens (including phenoxy) is 1. The first-order valence-electron chi connectivity index (χ1n) is 8.22. The van der Waals surface area contributed by atoms with Crippen LogP contribution in [0.4, 0.5) is 5.69 Å². The van der Waals surface area contributed by atoms with Crippen LogP contribution < -0.4 is 9.64 Å². The minimum atomic E-state index is -0.338. The van der Waals surface area contributed by atoms with Crippen molar-refractivity contribution in [1.82, 2.24) is 0 Å². The van der Waals surface area contributed by atoms with E-state index in [9.17, 15) is 4.79 Å². The van der Waals surface area contributed by atoms with Crippen molar-refractivity contribution >= 4 is 11.6 Å². The van der Waals surface area contributed by atoms with Crippen LogP contribution in [0.2, 0.25) is 0 Å². The Bertz CT molecular complexity index is 774. The van der Waals surface area contributed by atoms with E-state index in [1.54, 1.807) is 12.0 Å². The molecule has 0 radical (unpaired) electrons. The van der Waals surface area contributed by atoms with Crippen LogP contribution in [0.15, 0.2) is 84.9 Å². The van der Waals surface area contributed by atoms with Crippen molar-refractivity contribution in [3.63, 3.8) is 0 Å². The highest BCUT2D eigenvalue weighted by molar-refractivity contribution is 5.99. The quantitative estimate of drug-likeness (QED) is 0.689. The summed E-state index contributed by atoms with van der Waals surface area (Å²) in [6.07, 6.45) is 0. The first kappa shape index (κ1) is 16.8. The van der Waals surface area contributed by atoms with E-state index in [1.165, 1.54) is 0 Å². The molecule has 3 aromatic carbocycles. The smallest absolute Gasteiger partial charge is 0.238 e. The Balaban J connectivity index is 1.96. The minimum absolute atomic E-state index is 0.0302. The summed E-state index contributed by atoms with van der Waals surface area (Å²) < 4.78 is 5.19. The zero-order valence-corrected chi connectivity index (χ0v) is 14.4. The van der Waals surface area contributed by atoms with Crippen LogP contribution in [-0.2, 0) is 4.79 Å². The second kappa shape index (κ2) is 7.67. The highest BCUT2D eigenvalue weighted by Gasteiger charge is 2.26. The van der Waals surface area contributed by atoms with Gasteiger partial charge in [-0.3, -0.25) is 4.79 Å². The number of likely N-dealkylation sites (N-methyl/N-ethyl adjacent to an activating group) is 1. The molecule has 3 heteroatoms. The average Bonchev–Trinajstić information content (AvgIpc) is 2.69. The fraction of sp³-hybridized carbons (Fsp3) is 0.136. The standard InChI is InChI=1S/C22H21NO2/c1-23(19-13-15-20(25-2)16-14-19)22(24)21(17-9-5-3-6-10-17)18-11-7-4-8-12-18/h3-16,21H,1-2H3. The van der Waals surface area contributed by atoms with Gasteiger partial charge in [-0.1, -0.05) is 60.7 Å². The van der Waals surface area contributed by atoms with E-state index in [2.05, 4.69) is 0 Å². The number of hydrogen-bond donors (Lipinski definition) is 0. The van der Waals surface area contributed by atoms with Crippen LogP contribution in [-0.4, -0.2) is 20.1 Å². The van der Waals surface area contributed by atoms with Gasteiger partial charge in [-0.15, -0.1) is 0 Å². The minimum Gasteiger partial charge on any atom is -0.497 e. The van der Waals surface area contributed by atoms with Crippen molar-refractivity contribution in [3.05, 3.63) is 96.1 Å². The van der Waals surface area contributed by atoms with Crippen molar-refractivity contribution in [2.75, 3.05) is 19.1 Å². The third-order valence-corrected chi connectivity index (χ3v) is 4.30. The van der Waals surface area contributed by atoms with E-state index in [0.717, 1.165) is 22.6 Å². The molecule has 1 amide bonds. The largest absolute Gasteiger partial charge is 0.497 e. The molecule has 0 saturated carbocycles. The van der Waals surface area contributed by atoms with Crippen LogP contribution in [0, 0.1) is 0 Å². The SMILES string of the molecule is COc1ccc(N(C)C(=O)C(c2ccccc2)c2ccccc2)cc1. The van der Waals surface area contributed by atoms with Gasteiger partial charge in [0.1, 0.15) is 5.75 Å². The Morgan fingerprint density at radius 2 is 1.28 bits per heavy atom. The molecule has 0 spiro atoms. The van der Waals surface area contributed by atoms with Crippen LogP contribution in [0.5, 0.6) is 5.75 Å². The molecule has 0 unspecified atom stereocenters. The monoisotopic (exact) mass is 331 g/mol. The van der Waals surface area contributed by atoms with Gasteiger partial charge in [-0.05, 0) is 35.4 Å². The number of carbonyl (C=O) groups excluding carboxylic acids is 1. The lowest BCUT2D eigenvalue weighted by Crippen LogP contribution is -2.32. The van der Waals surface area contributed by atoms with Gasteiger partial charge in [-0.2, -0.15) is 0 Å². The van der Waals surface area contributed by atoms with E-state index >= 15 is 0 Å². The lowest BCUT2D eigenvalue weighted by atomic mass is 9.90. The topological polar surface area (TPSA) is 29.5 Å². The molecular weight excluding hydrogens is 310 g/mol. The molecule has 25 heavy (non-hydrogen) atoms. The number of nitrogens with zero attached hydrogens (tertiary/aromatic N) is 1. The molecule has 3 nitrogen and oxygen atoms in total. The van der Waals surface area contributed by atoms with E-state index in [-0.39, 0.29) is 11.8 Å². The molecular formula is C22H21NO2. The maximum atomic E-state index is 13.3. The first-order valence-corrected chi connectivity index (χ1v) is 8.22. The molecule has 0 aliphatic heterocycles. The van der Waals surface area contributed by atoms with Crippen LogP contribution in [0.25, 0.3) is 0 Å². The molecule has 126 valence electrons. The van der Waals surface area contributed by atoms with Gasteiger partial charge in [0, 0.05) is 12.7 Å². The molecule has 3 rings (SSSR count). The van der Waals surface area contributed by atoms with Gasteiger partial charge in [0.25, 0.3) is 0 Å². The number of methoxy groups -OCH3 is 1. The summed E-state index contributed by atoms with van der Waals surface area (Å²) in [6.45, 7) is 0. The molecule has 0 saturated heterocycles.